The van der Waals surface area contributed by atoms with Crippen molar-refractivity contribution >= 4 is 46.5 Å². The van der Waals surface area contributed by atoms with Gasteiger partial charge in [-0.1, -0.05) is 29.8 Å². The summed E-state index contributed by atoms with van der Waals surface area (Å²) in [7, 11) is 3.84. The number of hydrogen-bond acceptors (Lipinski definition) is 9. The number of hydrogen-bond donors (Lipinski definition) is 2. The summed E-state index contributed by atoms with van der Waals surface area (Å²) >= 11 is 6.38. The van der Waals surface area contributed by atoms with E-state index < -0.39 is 35.1 Å². The predicted molar refractivity (Wildman–Crippen MR) is 166 cm³/mol. The van der Waals surface area contributed by atoms with Crippen molar-refractivity contribution in [2.45, 2.75) is 6.18 Å². The average Bonchev–Trinajstić information content (AvgIpc) is 3.41. The Morgan fingerprint density at radius 2 is 1.74 bits per heavy atom. The van der Waals surface area contributed by atoms with E-state index in [0.717, 1.165) is 30.3 Å². The summed E-state index contributed by atoms with van der Waals surface area (Å²) in [5.74, 6) is -4.67. The van der Waals surface area contributed by atoms with Crippen molar-refractivity contribution in [1.29, 1.82) is 0 Å². The quantitative estimate of drug-likeness (QED) is 0.148. The van der Waals surface area contributed by atoms with Crippen LogP contribution in [0.4, 0.5) is 51.0 Å². The molecular formula is C31H25ClF5N7O3. The van der Waals surface area contributed by atoms with Gasteiger partial charge in [-0.15, -0.1) is 0 Å². The monoisotopic (exact) mass is 673 g/mol. The number of nitrogen functional groups attached to an aromatic ring is 1. The third-order valence-corrected chi connectivity index (χ3v) is 6.80. The van der Waals surface area contributed by atoms with E-state index >= 15 is 0 Å². The molecule has 5 rings (SSSR count). The highest BCUT2D eigenvalue weighted by atomic mass is 35.5. The Labute approximate surface area is 269 Å². The van der Waals surface area contributed by atoms with Crippen LogP contribution in [-0.2, 0) is 4.79 Å². The van der Waals surface area contributed by atoms with E-state index in [9.17, 15) is 26.7 Å². The van der Waals surface area contributed by atoms with Crippen LogP contribution in [0.3, 0.4) is 0 Å². The maximum atomic E-state index is 14.7. The van der Waals surface area contributed by atoms with Crippen LogP contribution in [0.15, 0.2) is 77.3 Å². The molecule has 0 fully saturated rings. The molecule has 2 aromatic heterocycles. The fourth-order valence-corrected chi connectivity index (χ4v) is 4.62. The van der Waals surface area contributed by atoms with E-state index in [1.54, 1.807) is 18.2 Å². The lowest BCUT2D eigenvalue weighted by atomic mass is 10.1. The normalized spacial score (nSPS) is 11.5. The number of nitrogens with one attached hydrogen (secondary N) is 1. The number of carbonyl (C=O) groups is 1. The minimum atomic E-state index is -5.47. The van der Waals surface area contributed by atoms with Gasteiger partial charge in [0, 0.05) is 24.0 Å². The van der Waals surface area contributed by atoms with E-state index in [0.29, 0.717) is 29.6 Å². The van der Waals surface area contributed by atoms with Crippen molar-refractivity contribution in [1.82, 2.24) is 19.9 Å². The van der Waals surface area contributed by atoms with E-state index in [2.05, 4.69) is 20.3 Å². The van der Waals surface area contributed by atoms with Crippen LogP contribution in [0.5, 0.6) is 5.75 Å². The number of rotatable bonds is 10. The van der Waals surface area contributed by atoms with Gasteiger partial charge in [0.1, 0.15) is 41.1 Å². The number of oxazole rings is 1. The molecule has 16 heteroatoms. The van der Waals surface area contributed by atoms with Crippen LogP contribution < -0.4 is 20.7 Å². The predicted octanol–water partition coefficient (Wildman–Crippen LogP) is 7.22. The Hall–Kier alpha value is -5.28. The molecule has 1 amide bonds. The molecule has 2 heterocycles. The lowest BCUT2D eigenvalue weighted by Gasteiger charge is -2.25. The van der Waals surface area contributed by atoms with Gasteiger partial charge in [0.05, 0.1) is 10.7 Å². The Morgan fingerprint density at radius 1 is 1.02 bits per heavy atom. The summed E-state index contributed by atoms with van der Waals surface area (Å²) in [5, 5.41) is 3.37. The number of nitrogens with zero attached hydrogens (tertiary/aromatic N) is 5. The number of amides is 1. The fraction of sp³-hybridized carbons (Fsp3) is 0.161. The molecule has 0 aliphatic carbocycles. The van der Waals surface area contributed by atoms with E-state index in [1.807, 2.05) is 19.0 Å². The second-order valence-electron chi connectivity index (χ2n) is 10.2. The summed E-state index contributed by atoms with van der Waals surface area (Å²) in [5.41, 5.74) is 4.97. The molecule has 244 valence electrons. The number of nitrogens with two attached hydrogens (primary N) is 1. The molecule has 5 aromatic rings. The van der Waals surface area contributed by atoms with Gasteiger partial charge in [-0.05, 0) is 62.6 Å². The second-order valence-corrected chi connectivity index (χ2v) is 10.6. The summed E-state index contributed by atoms with van der Waals surface area (Å²) in [6.45, 7) is 1.14. The first-order valence-electron chi connectivity index (χ1n) is 13.7. The first-order chi connectivity index (χ1) is 22.3. The molecule has 3 aromatic carbocycles. The molecule has 47 heavy (non-hydrogen) atoms. The fourth-order valence-electron chi connectivity index (χ4n) is 4.38. The van der Waals surface area contributed by atoms with Crippen molar-refractivity contribution in [2.24, 2.45) is 0 Å². The number of likely N-dealkylation sites (N-methyl/N-ethyl adjacent to an activating group) is 1. The van der Waals surface area contributed by atoms with Crippen LogP contribution in [0.1, 0.15) is 0 Å². The van der Waals surface area contributed by atoms with Gasteiger partial charge >= 0.3 is 12.1 Å². The molecule has 0 unspecified atom stereocenters. The lowest BCUT2D eigenvalue weighted by Crippen LogP contribution is -2.39. The first kappa shape index (κ1) is 33.1. The zero-order valence-electron chi connectivity index (χ0n) is 24.6. The number of ether oxygens (including phenoxy) is 1. The molecular weight excluding hydrogens is 649 g/mol. The van der Waals surface area contributed by atoms with E-state index in [4.69, 9.17) is 26.5 Å². The molecule has 0 atom stereocenters. The maximum absolute atomic E-state index is 14.7. The SMILES string of the molecule is CN(C)CCOc1ccc(Nc2nccc(-c3oc(N)nc3-c3cccc(N(C(=O)C(F)(F)F)c4c(F)cccc4F)c3)n2)cc1Cl. The topological polar surface area (TPSA) is 123 Å². The molecule has 0 bridgehead atoms. The Morgan fingerprint density at radius 3 is 2.43 bits per heavy atom. The van der Waals surface area contributed by atoms with Gasteiger partial charge in [-0.3, -0.25) is 9.69 Å². The number of benzene rings is 3. The van der Waals surface area contributed by atoms with Gasteiger partial charge in [-0.2, -0.15) is 18.2 Å². The zero-order chi connectivity index (χ0) is 33.9. The summed E-state index contributed by atoms with van der Waals surface area (Å²) in [6, 6.07) is 13.5. The number of alkyl halides is 3. The van der Waals surface area contributed by atoms with E-state index in [1.165, 1.54) is 24.4 Å². The number of anilines is 5. The Balaban J connectivity index is 1.47. The maximum Gasteiger partial charge on any atom is 0.472 e. The van der Waals surface area contributed by atoms with Crippen LogP contribution in [-0.4, -0.2) is 59.2 Å². The van der Waals surface area contributed by atoms with Crippen LogP contribution in [0.25, 0.3) is 22.7 Å². The van der Waals surface area contributed by atoms with E-state index in [-0.39, 0.29) is 39.6 Å². The second kappa shape index (κ2) is 13.6. The Bertz CT molecular complexity index is 1900. The summed E-state index contributed by atoms with van der Waals surface area (Å²) < 4.78 is 81.6. The van der Waals surface area contributed by atoms with Crippen molar-refractivity contribution in [2.75, 3.05) is 43.2 Å². The van der Waals surface area contributed by atoms with Gasteiger partial charge < -0.3 is 25.1 Å². The number of para-hydroxylation sites is 1. The van der Waals surface area contributed by atoms with Crippen molar-refractivity contribution < 1.29 is 35.9 Å². The highest BCUT2D eigenvalue weighted by molar-refractivity contribution is 6.32. The molecule has 0 aliphatic heterocycles. The highest BCUT2D eigenvalue weighted by Gasteiger charge is 2.45. The smallest absolute Gasteiger partial charge is 0.472 e. The standard InChI is InChI=1S/C31H25ClF5N7O3/c1-43(2)13-14-46-24-10-9-18(16-20(24)32)40-30-39-12-11-23(41-30)27-25(42-29(38)47-27)17-5-3-6-19(15-17)44(28(45)31(35,36)37)26-21(33)7-4-8-22(26)34/h3-12,15-16H,13-14H2,1-2H3,(H2,38,42)(H,39,40,41). The largest absolute Gasteiger partial charge is 0.491 e. The van der Waals surface area contributed by atoms with Gasteiger partial charge in [0.25, 0.3) is 6.01 Å². The van der Waals surface area contributed by atoms with Gasteiger partial charge in [-0.25, -0.2) is 18.7 Å². The number of aromatic nitrogens is 3. The first-order valence-corrected chi connectivity index (χ1v) is 14.1. The molecule has 0 aliphatic rings. The van der Waals surface area contributed by atoms with Crippen LogP contribution in [0.2, 0.25) is 5.02 Å². The minimum absolute atomic E-state index is 0.00135. The lowest BCUT2D eigenvalue weighted by molar-refractivity contribution is -0.169. The van der Waals surface area contributed by atoms with Crippen LogP contribution >= 0.6 is 11.6 Å². The molecule has 0 saturated carbocycles. The summed E-state index contributed by atoms with van der Waals surface area (Å²) in [4.78, 5) is 27.2. The molecule has 10 nitrogen and oxygen atoms in total. The van der Waals surface area contributed by atoms with Crippen molar-refractivity contribution in [3.8, 4) is 28.5 Å². The van der Waals surface area contributed by atoms with Crippen LogP contribution in [0, 0.1) is 11.6 Å². The molecule has 0 radical (unpaired) electrons. The summed E-state index contributed by atoms with van der Waals surface area (Å²) in [6.07, 6.45) is -4.06. The molecule has 0 saturated heterocycles. The third kappa shape index (κ3) is 7.58. The van der Waals surface area contributed by atoms with Gasteiger partial charge in [0.15, 0.2) is 5.76 Å². The average molecular weight is 674 g/mol. The number of halogens is 6. The highest BCUT2D eigenvalue weighted by Crippen LogP contribution is 2.39. The third-order valence-electron chi connectivity index (χ3n) is 6.50. The molecule has 3 N–H and O–H groups in total. The number of carbonyl (C=O) groups excluding carboxylic acids is 1. The van der Waals surface area contributed by atoms with Crippen molar-refractivity contribution in [3.05, 3.63) is 89.6 Å². The van der Waals surface area contributed by atoms with Gasteiger partial charge in [0.2, 0.25) is 5.95 Å². The Kier molecular flexibility index (Phi) is 9.58. The zero-order valence-corrected chi connectivity index (χ0v) is 25.4. The van der Waals surface area contributed by atoms with Crippen molar-refractivity contribution in [3.63, 3.8) is 0 Å². The minimum Gasteiger partial charge on any atom is -0.491 e. The molecule has 0 spiro atoms.